The lowest BCUT2D eigenvalue weighted by Gasteiger charge is -2.12. The van der Waals surface area contributed by atoms with Gasteiger partial charge in [-0.15, -0.1) is 0 Å². The number of benzene rings is 1. The number of hydrogen-bond donors (Lipinski definition) is 1. The lowest BCUT2D eigenvalue weighted by molar-refractivity contribution is -0.115. The predicted octanol–water partition coefficient (Wildman–Crippen LogP) is 2.83. The van der Waals surface area contributed by atoms with Gasteiger partial charge in [-0.2, -0.15) is 5.10 Å². The molecule has 1 N–H and O–H groups in total. The summed E-state index contributed by atoms with van der Waals surface area (Å²) in [5, 5.41) is 7.27. The second-order valence-electron chi connectivity index (χ2n) is 5.40. The van der Waals surface area contributed by atoms with Gasteiger partial charge >= 0.3 is 0 Å². The lowest BCUT2D eigenvalue weighted by atomic mass is 10.0. The van der Waals surface area contributed by atoms with Crippen molar-refractivity contribution in [2.45, 2.75) is 34.1 Å². The third-order valence-electron chi connectivity index (χ3n) is 3.38. The van der Waals surface area contributed by atoms with Crippen LogP contribution in [0.3, 0.4) is 0 Å². The summed E-state index contributed by atoms with van der Waals surface area (Å²) in [6, 6.07) is 6.10. The molecule has 20 heavy (non-hydrogen) atoms. The molecule has 1 aromatic heterocycles. The number of carbonyl (C=O) groups excluding carboxylic acids is 1. The van der Waals surface area contributed by atoms with Crippen molar-refractivity contribution in [3.05, 3.63) is 46.3 Å². The van der Waals surface area contributed by atoms with Gasteiger partial charge in [0.1, 0.15) is 0 Å². The fourth-order valence-electron chi connectivity index (χ4n) is 2.55. The van der Waals surface area contributed by atoms with E-state index in [1.54, 1.807) is 4.68 Å². The Hall–Kier alpha value is -2.10. The van der Waals surface area contributed by atoms with E-state index >= 15 is 0 Å². The summed E-state index contributed by atoms with van der Waals surface area (Å²) in [5.41, 5.74) is 6.16. The molecule has 1 heterocycles. The van der Waals surface area contributed by atoms with E-state index in [0.29, 0.717) is 6.42 Å². The Bertz CT molecular complexity index is 633. The second-order valence-corrected chi connectivity index (χ2v) is 5.40. The lowest BCUT2D eigenvalue weighted by Crippen LogP contribution is -2.17. The molecule has 0 unspecified atom stereocenters. The number of anilines is 1. The summed E-state index contributed by atoms with van der Waals surface area (Å²) < 4.78 is 1.75. The Labute approximate surface area is 119 Å². The highest BCUT2D eigenvalue weighted by molar-refractivity contribution is 5.93. The van der Waals surface area contributed by atoms with Crippen LogP contribution in [0.5, 0.6) is 0 Å². The Morgan fingerprint density at radius 3 is 2.25 bits per heavy atom. The van der Waals surface area contributed by atoms with Gasteiger partial charge in [0.2, 0.25) is 5.91 Å². The second kappa shape index (κ2) is 5.49. The molecule has 106 valence electrons. The quantitative estimate of drug-likeness (QED) is 0.933. The van der Waals surface area contributed by atoms with E-state index < -0.39 is 0 Å². The van der Waals surface area contributed by atoms with Crippen LogP contribution in [0.2, 0.25) is 0 Å². The molecule has 0 aliphatic heterocycles. The average molecular weight is 271 g/mol. The number of nitrogens with zero attached hydrogens (tertiary/aromatic N) is 2. The number of hydrogen-bond acceptors (Lipinski definition) is 2. The Balaban J connectivity index is 2.15. The molecule has 1 amide bonds. The number of aryl methyl sites for hydroxylation is 5. The van der Waals surface area contributed by atoms with E-state index in [2.05, 4.69) is 29.5 Å². The fourth-order valence-corrected chi connectivity index (χ4v) is 2.55. The molecule has 4 heteroatoms. The van der Waals surface area contributed by atoms with E-state index in [0.717, 1.165) is 28.2 Å². The van der Waals surface area contributed by atoms with Crippen LogP contribution in [-0.2, 0) is 18.3 Å². The van der Waals surface area contributed by atoms with Crippen LogP contribution in [-0.4, -0.2) is 15.7 Å². The summed E-state index contributed by atoms with van der Waals surface area (Å²) in [7, 11) is 1.86. The van der Waals surface area contributed by atoms with Crippen LogP contribution >= 0.6 is 0 Å². The number of carbonyl (C=O) groups is 1. The van der Waals surface area contributed by atoms with Crippen molar-refractivity contribution in [3.63, 3.8) is 0 Å². The monoisotopic (exact) mass is 271 g/mol. The van der Waals surface area contributed by atoms with Gasteiger partial charge in [-0.3, -0.25) is 9.48 Å². The van der Waals surface area contributed by atoms with Crippen molar-refractivity contribution < 1.29 is 4.79 Å². The van der Waals surface area contributed by atoms with Crippen LogP contribution < -0.4 is 5.32 Å². The highest BCUT2D eigenvalue weighted by Crippen LogP contribution is 2.22. The van der Waals surface area contributed by atoms with Gasteiger partial charge < -0.3 is 5.32 Å². The maximum atomic E-state index is 12.2. The SMILES string of the molecule is Cc1cc(C)c(NC(=O)Cc2cc(C)nn2C)c(C)c1. The molecule has 0 bridgehead atoms. The van der Waals surface area contributed by atoms with Gasteiger partial charge in [-0.25, -0.2) is 0 Å². The van der Waals surface area contributed by atoms with Gasteiger partial charge in [-0.1, -0.05) is 17.7 Å². The molecule has 0 fully saturated rings. The molecule has 0 atom stereocenters. The highest BCUT2D eigenvalue weighted by atomic mass is 16.1. The molecule has 0 saturated heterocycles. The minimum atomic E-state index is -0.0111. The zero-order valence-corrected chi connectivity index (χ0v) is 12.7. The number of nitrogens with one attached hydrogen (secondary N) is 1. The molecule has 0 aliphatic rings. The van der Waals surface area contributed by atoms with Crippen molar-refractivity contribution in [1.82, 2.24) is 9.78 Å². The molecular formula is C16H21N3O. The van der Waals surface area contributed by atoms with E-state index in [1.807, 2.05) is 33.9 Å². The molecule has 0 spiro atoms. The molecule has 0 saturated carbocycles. The van der Waals surface area contributed by atoms with Crippen LogP contribution in [0.4, 0.5) is 5.69 Å². The molecule has 2 aromatic rings. The Kier molecular flexibility index (Phi) is 3.93. The zero-order chi connectivity index (χ0) is 14.9. The minimum Gasteiger partial charge on any atom is -0.325 e. The molecule has 4 nitrogen and oxygen atoms in total. The van der Waals surface area contributed by atoms with Gasteiger partial charge in [0.15, 0.2) is 0 Å². The summed E-state index contributed by atoms with van der Waals surface area (Å²) in [5.74, 6) is -0.0111. The van der Waals surface area contributed by atoms with Crippen LogP contribution in [0.1, 0.15) is 28.1 Å². The van der Waals surface area contributed by atoms with Gasteiger partial charge in [0.05, 0.1) is 12.1 Å². The number of aromatic nitrogens is 2. The standard InChI is InChI=1S/C16H21N3O/c1-10-6-11(2)16(12(3)7-10)17-15(20)9-14-8-13(4)18-19(14)5/h6-8H,9H2,1-5H3,(H,17,20). The average Bonchev–Trinajstić information content (AvgIpc) is 2.62. The topological polar surface area (TPSA) is 46.9 Å². The number of amides is 1. The smallest absolute Gasteiger partial charge is 0.230 e. The van der Waals surface area contributed by atoms with E-state index in [9.17, 15) is 4.79 Å². The fraction of sp³-hybridized carbons (Fsp3) is 0.375. The highest BCUT2D eigenvalue weighted by Gasteiger charge is 2.11. The maximum absolute atomic E-state index is 12.2. The summed E-state index contributed by atoms with van der Waals surface area (Å²) in [4.78, 5) is 12.2. The van der Waals surface area contributed by atoms with Crippen molar-refractivity contribution >= 4 is 11.6 Å². The van der Waals surface area contributed by atoms with Crippen LogP contribution in [0.15, 0.2) is 18.2 Å². The summed E-state index contributed by atoms with van der Waals surface area (Å²) in [6.07, 6.45) is 0.337. The molecular weight excluding hydrogens is 250 g/mol. The first-order valence-electron chi connectivity index (χ1n) is 6.74. The first-order chi connectivity index (χ1) is 9.36. The van der Waals surface area contributed by atoms with Crippen LogP contribution in [0, 0.1) is 27.7 Å². The van der Waals surface area contributed by atoms with Crippen molar-refractivity contribution in [2.75, 3.05) is 5.32 Å². The zero-order valence-electron chi connectivity index (χ0n) is 12.7. The van der Waals surface area contributed by atoms with E-state index in [1.165, 1.54) is 5.56 Å². The predicted molar refractivity (Wildman–Crippen MR) is 80.9 cm³/mol. The minimum absolute atomic E-state index is 0.0111. The summed E-state index contributed by atoms with van der Waals surface area (Å²) >= 11 is 0. The Morgan fingerprint density at radius 2 is 1.75 bits per heavy atom. The molecule has 1 aromatic carbocycles. The van der Waals surface area contributed by atoms with Crippen molar-refractivity contribution in [3.8, 4) is 0 Å². The third kappa shape index (κ3) is 3.07. The molecule has 0 aliphatic carbocycles. The molecule has 2 rings (SSSR count). The first-order valence-corrected chi connectivity index (χ1v) is 6.74. The van der Waals surface area contributed by atoms with E-state index in [4.69, 9.17) is 0 Å². The largest absolute Gasteiger partial charge is 0.325 e. The van der Waals surface area contributed by atoms with Gasteiger partial charge in [0.25, 0.3) is 0 Å². The Morgan fingerprint density at radius 1 is 1.15 bits per heavy atom. The van der Waals surface area contributed by atoms with Crippen molar-refractivity contribution in [1.29, 1.82) is 0 Å². The third-order valence-corrected chi connectivity index (χ3v) is 3.38. The normalized spacial score (nSPS) is 10.7. The number of rotatable bonds is 3. The van der Waals surface area contributed by atoms with Crippen molar-refractivity contribution in [2.24, 2.45) is 7.05 Å². The van der Waals surface area contributed by atoms with Crippen LogP contribution in [0.25, 0.3) is 0 Å². The van der Waals surface area contributed by atoms with Gasteiger partial charge in [0, 0.05) is 18.4 Å². The summed E-state index contributed by atoms with van der Waals surface area (Å²) in [6.45, 7) is 8.02. The van der Waals surface area contributed by atoms with Gasteiger partial charge in [-0.05, 0) is 44.9 Å². The maximum Gasteiger partial charge on any atom is 0.230 e. The first kappa shape index (κ1) is 14.3. The molecule has 0 radical (unpaired) electrons. The van der Waals surface area contributed by atoms with E-state index in [-0.39, 0.29) is 5.91 Å².